The molecule has 2 aromatic carbocycles. The van der Waals surface area contributed by atoms with Gasteiger partial charge in [-0.25, -0.2) is 13.6 Å². The number of nitrogens with two attached hydrogens (primary N) is 1. The molecule has 0 aromatic heterocycles. The van der Waals surface area contributed by atoms with Gasteiger partial charge in [-0.15, -0.1) is 0 Å². The smallest absolute Gasteiger partial charge is 0.238 e. The Labute approximate surface area is 137 Å². The van der Waals surface area contributed by atoms with Gasteiger partial charge in [0.2, 0.25) is 10.0 Å². The van der Waals surface area contributed by atoms with Crippen LogP contribution in [-0.4, -0.2) is 8.42 Å². The number of hydrogen-bond acceptors (Lipinski definition) is 3. The first-order chi connectivity index (χ1) is 9.68. The van der Waals surface area contributed by atoms with Crippen molar-refractivity contribution < 1.29 is 13.2 Å². The molecule has 0 bridgehead atoms. The lowest BCUT2D eigenvalue weighted by molar-refractivity contribution is 0.481. The minimum atomic E-state index is -3.78. The summed E-state index contributed by atoms with van der Waals surface area (Å²) in [7, 11) is -3.78. The van der Waals surface area contributed by atoms with Crippen LogP contribution in [0.2, 0.25) is 5.02 Å². The Bertz CT molecular complexity index is 783. The van der Waals surface area contributed by atoms with E-state index in [1.165, 1.54) is 18.2 Å². The zero-order valence-corrected chi connectivity index (χ0v) is 14.5. The van der Waals surface area contributed by atoms with Gasteiger partial charge < -0.3 is 4.74 Å². The van der Waals surface area contributed by atoms with Crippen LogP contribution in [0.4, 0.5) is 0 Å². The van der Waals surface area contributed by atoms with Crippen molar-refractivity contribution in [1.82, 2.24) is 0 Å². The molecule has 2 N–H and O–H groups in total. The van der Waals surface area contributed by atoms with Crippen LogP contribution in [0.5, 0.6) is 11.5 Å². The van der Waals surface area contributed by atoms with Crippen LogP contribution >= 0.6 is 27.5 Å². The van der Waals surface area contributed by atoms with Gasteiger partial charge in [0.25, 0.3) is 0 Å². The normalized spacial score (nSPS) is 11.5. The van der Waals surface area contributed by atoms with Gasteiger partial charge >= 0.3 is 0 Å². The number of hydrogen-bond donors (Lipinski definition) is 1. The lowest BCUT2D eigenvalue weighted by Crippen LogP contribution is -2.11. The molecule has 2 rings (SSSR count). The standard InChI is InChI=1S/C14H13BrClNO3S/c1-8-5-10(6-9(2)14(8)15)20-13-4-3-11(7-12(13)16)21(17,18)19/h3-7H,1-2H3,(H2,17,18,19). The topological polar surface area (TPSA) is 69.4 Å². The summed E-state index contributed by atoms with van der Waals surface area (Å²) in [5.41, 5.74) is 2.06. The Kier molecular flexibility index (Phi) is 4.63. The molecule has 0 saturated heterocycles. The van der Waals surface area contributed by atoms with Gasteiger partial charge in [0.15, 0.2) is 0 Å². The van der Waals surface area contributed by atoms with Crippen LogP contribution in [0.25, 0.3) is 0 Å². The summed E-state index contributed by atoms with van der Waals surface area (Å²) < 4.78 is 29.2. The molecule has 0 atom stereocenters. The van der Waals surface area contributed by atoms with E-state index in [9.17, 15) is 8.42 Å². The highest BCUT2D eigenvalue weighted by Crippen LogP contribution is 2.33. The van der Waals surface area contributed by atoms with Crippen molar-refractivity contribution in [3.63, 3.8) is 0 Å². The average Bonchev–Trinajstić information content (AvgIpc) is 2.37. The SMILES string of the molecule is Cc1cc(Oc2ccc(S(N)(=O)=O)cc2Cl)cc(C)c1Br. The molecule has 7 heteroatoms. The number of ether oxygens (including phenoxy) is 1. The monoisotopic (exact) mass is 389 g/mol. The van der Waals surface area contributed by atoms with E-state index in [0.717, 1.165) is 15.6 Å². The van der Waals surface area contributed by atoms with E-state index >= 15 is 0 Å². The molecule has 112 valence electrons. The number of benzene rings is 2. The van der Waals surface area contributed by atoms with Crippen molar-refractivity contribution in [1.29, 1.82) is 0 Å². The molecule has 0 amide bonds. The summed E-state index contributed by atoms with van der Waals surface area (Å²) in [6, 6.07) is 7.83. The first-order valence-electron chi connectivity index (χ1n) is 5.95. The number of halogens is 2. The predicted octanol–water partition coefficient (Wildman–Crippen LogP) is 4.16. The quantitative estimate of drug-likeness (QED) is 0.855. The largest absolute Gasteiger partial charge is 0.456 e. The van der Waals surface area contributed by atoms with Gasteiger partial charge in [-0.1, -0.05) is 27.5 Å². The minimum absolute atomic E-state index is 0.0528. The minimum Gasteiger partial charge on any atom is -0.456 e. The summed E-state index contributed by atoms with van der Waals surface area (Å²) in [6.07, 6.45) is 0. The van der Waals surface area contributed by atoms with E-state index in [1.807, 2.05) is 26.0 Å². The van der Waals surface area contributed by atoms with E-state index in [-0.39, 0.29) is 9.92 Å². The maximum atomic E-state index is 11.3. The Morgan fingerprint density at radius 3 is 2.19 bits per heavy atom. The molecule has 2 aromatic rings. The van der Waals surface area contributed by atoms with Gasteiger partial charge in [0.1, 0.15) is 11.5 Å². The molecule has 0 saturated carbocycles. The lowest BCUT2D eigenvalue weighted by Gasteiger charge is -2.11. The number of aryl methyl sites for hydroxylation is 2. The zero-order chi connectivity index (χ0) is 15.8. The molecule has 4 nitrogen and oxygen atoms in total. The van der Waals surface area contributed by atoms with E-state index < -0.39 is 10.0 Å². The Morgan fingerprint density at radius 2 is 1.71 bits per heavy atom. The van der Waals surface area contributed by atoms with Gasteiger partial charge in [-0.3, -0.25) is 0 Å². The number of sulfonamides is 1. The molecule has 0 spiro atoms. The number of rotatable bonds is 3. The predicted molar refractivity (Wildman–Crippen MR) is 86.5 cm³/mol. The second-order valence-electron chi connectivity index (χ2n) is 4.61. The van der Waals surface area contributed by atoms with Crippen LogP contribution in [0.15, 0.2) is 39.7 Å². The lowest BCUT2D eigenvalue weighted by atomic mass is 10.1. The fourth-order valence-corrected chi connectivity index (χ4v) is 2.89. The maximum Gasteiger partial charge on any atom is 0.238 e. The molecule has 21 heavy (non-hydrogen) atoms. The third kappa shape index (κ3) is 3.77. The third-order valence-electron chi connectivity index (χ3n) is 2.87. The van der Waals surface area contributed by atoms with Crippen molar-refractivity contribution >= 4 is 37.6 Å². The van der Waals surface area contributed by atoms with Crippen LogP contribution in [0, 0.1) is 13.8 Å². The van der Waals surface area contributed by atoms with E-state index in [0.29, 0.717) is 11.5 Å². The van der Waals surface area contributed by atoms with Crippen molar-refractivity contribution in [2.24, 2.45) is 5.14 Å². The molecule has 0 unspecified atom stereocenters. The van der Waals surface area contributed by atoms with E-state index in [4.69, 9.17) is 21.5 Å². The zero-order valence-electron chi connectivity index (χ0n) is 11.4. The first-order valence-corrected chi connectivity index (χ1v) is 8.67. The highest BCUT2D eigenvalue weighted by Gasteiger charge is 2.12. The fraction of sp³-hybridized carbons (Fsp3) is 0.143. The molecular formula is C14H13BrClNO3S. The molecule has 0 aliphatic rings. The highest BCUT2D eigenvalue weighted by atomic mass is 79.9. The molecule has 0 fully saturated rings. The van der Waals surface area contributed by atoms with Crippen molar-refractivity contribution in [2.75, 3.05) is 0 Å². The van der Waals surface area contributed by atoms with Gasteiger partial charge in [0, 0.05) is 4.47 Å². The first kappa shape index (κ1) is 16.3. The molecule has 0 heterocycles. The second kappa shape index (κ2) is 5.96. The molecule has 0 aliphatic heterocycles. The Balaban J connectivity index is 2.37. The fourth-order valence-electron chi connectivity index (χ4n) is 1.83. The highest BCUT2D eigenvalue weighted by molar-refractivity contribution is 9.10. The maximum absolute atomic E-state index is 11.3. The van der Waals surface area contributed by atoms with Crippen LogP contribution in [0.3, 0.4) is 0 Å². The Hall–Kier alpha value is -1.08. The van der Waals surface area contributed by atoms with Crippen molar-refractivity contribution in [3.05, 3.63) is 51.0 Å². The van der Waals surface area contributed by atoms with Gasteiger partial charge in [-0.2, -0.15) is 0 Å². The average molecular weight is 391 g/mol. The van der Waals surface area contributed by atoms with Crippen LogP contribution in [-0.2, 0) is 10.0 Å². The summed E-state index contributed by atoms with van der Waals surface area (Å²) in [5, 5.41) is 5.23. The summed E-state index contributed by atoms with van der Waals surface area (Å²) in [4.78, 5) is -0.0528. The van der Waals surface area contributed by atoms with Gasteiger partial charge in [0.05, 0.1) is 9.92 Å². The summed E-state index contributed by atoms with van der Waals surface area (Å²) in [6.45, 7) is 3.91. The third-order valence-corrected chi connectivity index (χ3v) is 5.33. The van der Waals surface area contributed by atoms with E-state index in [1.54, 1.807) is 0 Å². The summed E-state index contributed by atoms with van der Waals surface area (Å²) >= 11 is 9.52. The molecule has 0 radical (unpaired) electrons. The molecule has 0 aliphatic carbocycles. The number of primary sulfonamides is 1. The van der Waals surface area contributed by atoms with Crippen molar-refractivity contribution in [3.8, 4) is 11.5 Å². The van der Waals surface area contributed by atoms with Crippen LogP contribution in [0.1, 0.15) is 11.1 Å². The van der Waals surface area contributed by atoms with E-state index in [2.05, 4.69) is 15.9 Å². The summed E-state index contributed by atoms with van der Waals surface area (Å²) in [5.74, 6) is 0.989. The second-order valence-corrected chi connectivity index (χ2v) is 7.37. The van der Waals surface area contributed by atoms with Crippen LogP contribution < -0.4 is 9.88 Å². The van der Waals surface area contributed by atoms with Crippen molar-refractivity contribution in [2.45, 2.75) is 18.7 Å². The molecular weight excluding hydrogens is 378 g/mol. The van der Waals surface area contributed by atoms with Gasteiger partial charge in [-0.05, 0) is 55.3 Å². The Morgan fingerprint density at radius 1 is 1.14 bits per heavy atom.